The molecule has 3 atom stereocenters. The lowest BCUT2D eigenvalue weighted by atomic mass is 10.0. The molecule has 0 bridgehead atoms. The lowest BCUT2D eigenvalue weighted by Gasteiger charge is -2.25. The molecule has 3 heterocycles. The van der Waals surface area contributed by atoms with E-state index in [1.807, 2.05) is 49.1 Å². The third-order valence-electron chi connectivity index (χ3n) is 5.29. The minimum Gasteiger partial charge on any atom is -0.340 e. The molecule has 140 valence electrons. The first-order valence-electron chi connectivity index (χ1n) is 8.98. The molecule has 2 fully saturated rings. The number of benzene rings is 1. The number of fused-ring (bicyclic) bond motifs is 1. The van der Waals surface area contributed by atoms with Crippen LogP contribution in [0.4, 0.5) is 0 Å². The maximum atomic E-state index is 13.1. The Morgan fingerprint density at radius 1 is 1.15 bits per heavy atom. The van der Waals surface area contributed by atoms with Gasteiger partial charge in [-0.3, -0.25) is 4.79 Å². The highest BCUT2D eigenvalue weighted by Crippen LogP contribution is 2.29. The van der Waals surface area contributed by atoms with Gasteiger partial charge in [0.25, 0.3) is 0 Å². The van der Waals surface area contributed by atoms with Gasteiger partial charge in [0.1, 0.15) is 0 Å². The first-order chi connectivity index (χ1) is 12.1. The summed E-state index contributed by atoms with van der Waals surface area (Å²) >= 11 is 0. The predicted molar refractivity (Wildman–Crippen MR) is 101 cm³/mol. The van der Waals surface area contributed by atoms with Gasteiger partial charge >= 0.3 is 0 Å². The van der Waals surface area contributed by atoms with E-state index in [-0.39, 0.29) is 24.2 Å². The third-order valence-corrected chi connectivity index (χ3v) is 5.29. The van der Waals surface area contributed by atoms with Crippen LogP contribution in [0.5, 0.6) is 0 Å². The largest absolute Gasteiger partial charge is 0.340 e. The number of nitrogens with zero attached hydrogens (tertiary/aromatic N) is 5. The standard InChI is InChI=1S/C18H24N6O.ClH/c1-12(2)16(18(25)23-10-14-8-19-9-15(14)11-23)24-21-17(20-22-24)13-6-4-3-5-7-13;/h3-7,12,14-16,19H,8-11H2,1-2H3;1H/t14-,15+,16?;. The molecule has 0 aliphatic carbocycles. The second kappa shape index (κ2) is 7.72. The summed E-state index contributed by atoms with van der Waals surface area (Å²) in [4.78, 5) is 16.6. The number of carbonyl (C=O) groups excluding carboxylic acids is 1. The molecule has 4 rings (SSSR count). The monoisotopic (exact) mass is 376 g/mol. The van der Waals surface area contributed by atoms with Crippen LogP contribution in [0.3, 0.4) is 0 Å². The van der Waals surface area contributed by atoms with E-state index in [1.54, 1.807) is 0 Å². The lowest BCUT2D eigenvalue weighted by molar-refractivity contribution is -0.136. The summed E-state index contributed by atoms with van der Waals surface area (Å²) in [6.45, 7) is 7.76. The van der Waals surface area contributed by atoms with Gasteiger partial charge in [0.15, 0.2) is 6.04 Å². The molecule has 2 saturated heterocycles. The zero-order valence-electron chi connectivity index (χ0n) is 15.1. The van der Waals surface area contributed by atoms with Crippen molar-refractivity contribution in [2.45, 2.75) is 19.9 Å². The molecule has 26 heavy (non-hydrogen) atoms. The molecule has 1 amide bonds. The molecule has 2 aliphatic heterocycles. The van der Waals surface area contributed by atoms with E-state index in [2.05, 4.69) is 20.7 Å². The van der Waals surface area contributed by atoms with Crippen LogP contribution in [0, 0.1) is 17.8 Å². The average molecular weight is 377 g/mol. The Balaban J connectivity index is 0.00000196. The SMILES string of the molecule is CC(C)C(C(=O)N1C[C@H]2CNC[C@H]2C1)n1nnc(-c2ccccc2)n1.Cl. The lowest BCUT2D eigenvalue weighted by Crippen LogP contribution is -2.40. The maximum absolute atomic E-state index is 13.1. The first kappa shape index (κ1) is 18.8. The van der Waals surface area contributed by atoms with E-state index in [0.29, 0.717) is 17.7 Å². The van der Waals surface area contributed by atoms with Crippen LogP contribution in [0.15, 0.2) is 30.3 Å². The molecule has 2 aliphatic rings. The minimum atomic E-state index is -0.406. The molecule has 0 radical (unpaired) electrons. The highest BCUT2D eigenvalue weighted by molar-refractivity contribution is 5.85. The number of nitrogens with one attached hydrogen (secondary N) is 1. The molecule has 7 nitrogen and oxygen atoms in total. The summed E-state index contributed by atoms with van der Waals surface area (Å²) in [7, 11) is 0. The van der Waals surface area contributed by atoms with Crippen molar-refractivity contribution in [1.82, 2.24) is 30.4 Å². The van der Waals surface area contributed by atoms with Gasteiger partial charge in [-0.05, 0) is 23.0 Å². The Labute approximate surface area is 159 Å². The topological polar surface area (TPSA) is 75.9 Å². The number of tetrazole rings is 1. The average Bonchev–Trinajstić information content (AvgIpc) is 3.31. The normalized spacial score (nSPS) is 23.0. The summed E-state index contributed by atoms with van der Waals surface area (Å²) in [5, 5.41) is 16.3. The molecule has 1 aromatic heterocycles. The number of carbonyl (C=O) groups is 1. The van der Waals surface area contributed by atoms with Crippen molar-refractivity contribution in [3.63, 3.8) is 0 Å². The maximum Gasteiger partial charge on any atom is 0.249 e. The number of hydrogen-bond donors (Lipinski definition) is 1. The zero-order valence-corrected chi connectivity index (χ0v) is 15.9. The molecule has 1 aromatic carbocycles. The van der Waals surface area contributed by atoms with Gasteiger partial charge in [0.2, 0.25) is 11.7 Å². The molecular formula is C18H25ClN6O. The highest BCUT2D eigenvalue weighted by atomic mass is 35.5. The molecule has 1 unspecified atom stereocenters. The number of aromatic nitrogens is 4. The molecule has 2 aromatic rings. The predicted octanol–water partition coefficient (Wildman–Crippen LogP) is 1.64. The molecule has 0 spiro atoms. The van der Waals surface area contributed by atoms with Crippen LogP contribution in [0.25, 0.3) is 11.4 Å². The third kappa shape index (κ3) is 3.46. The Bertz CT molecular complexity index is 737. The van der Waals surface area contributed by atoms with Crippen LogP contribution in [0.2, 0.25) is 0 Å². The van der Waals surface area contributed by atoms with Crippen LogP contribution in [0.1, 0.15) is 19.9 Å². The van der Waals surface area contributed by atoms with E-state index in [0.717, 1.165) is 31.7 Å². The molecule has 8 heteroatoms. The second-order valence-electron chi connectivity index (χ2n) is 7.41. The zero-order chi connectivity index (χ0) is 17.4. The molecular weight excluding hydrogens is 352 g/mol. The Morgan fingerprint density at radius 2 is 1.81 bits per heavy atom. The van der Waals surface area contributed by atoms with Gasteiger partial charge in [-0.1, -0.05) is 44.2 Å². The van der Waals surface area contributed by atoms with E-state index in [4.69, 9.17) is 0 Å². The number of likely N-dealkylation sites (tertiary alicyclic amines) is 1. The summed E-state index contributed by atoms with van der Waals surface area (Å²) in [5.74, 6) is 1.94. The number of hydrogen-bond acceptors (Lipinski definition) is 5. The van der Waals surface area contributed by atoms with Crippen molar-refractivity contribution in [3.8, 4) is 11.4 Å². The van der Waals surface area contributed by atoms with Crippen molar-refractivity contribution in [2.24, 2.45) is 17.8 Å². The summed E-state index contributed by atoms with van der Waals surface area (Å²) in [6, 6.07) is 9.32. The first-order valence-corrected chi connectivity index (χ1v) is 8.98. The molecule has 0 saturated carbocycles. The van der Waals surface area contributed by atoms with Gasteiger partial charge in [-0.15, -0.1) is 22.6 Å². The van der Waals surface area contributed by atoms with E-state index < -0.39 is 6.04 Å². The minimum absolute atomic E-state index is 0. The van der Waals surface area contributed by atoms with Crippen molar-refractivity contribution in [1.29, 1.82) is 0 Å². The summed E-state index contributed by atoms with van der Waals surface area (Å²) < 4.78 is 0. The Morgan fingerprint density at radius 3 is 2.42 bits per heavy atom. The van der Waals surface area contributed by atoms with Crippen molar-refractivity contribution >= 4 is 18.3 Å². The van der Waals surface area contributed by atoms with Crippen LogP contribution < -0.4 is 5.32 Å². The van der Waals surface area contributed by atoms with Crippen LogP contribution >= 0.6 is 12.4 Å². The Hall–Kier alpha value is -1.99. The van der Waals surface area contributed by atoms with Crippen molar-refractivity contribution in [2.75, 3.05) is 26.2 Å². The fraction of sp³-hybridized carbons (Fsp3) is 0.556. The number of halogens is 1. The van der Waals surface area contributed by atoms with Crippen LogP contribution in [-0.2, 0) is 4.79 Å². The van der Waals surface area contributed by atoms with Gasteiger partial charge < -0.3 is 10.2 Å². The van der Waals surface area contributed by atoms with E-state index in [1.165, 1.54) is 4.80 Å². The summed E-state index contributed by atoms with van der Waals surface area (Å²) in [6.07, 6.45) is 0. The van der Waals surface area contributed by atoms with Gasteiger partial charge in [-0.25, -0.2) is 0 Å². The summed E-state index contributed by atoms with van der Waals surface area (Å²) in [5.41, 5.74) is 0.908. The second-order valence-corrected chi connectivity index (χ2v) is 7.41. The highest BCUT2D eigenvalue weighted by Gasteiger charge is 2.41. The van der Waals surface area contributed by atoms with Gasteiger partial charge in [0.05, 0.1) is 0 Å². The number of amides is 1. The van der Waals surface area contributed by atoms with Crippen molar-refractivity contribution < 1.29 is 4.79 Å². The Kier molecular flexibility index (Phi) is 5.58. The van der Waals surface area contributed by atoms with Crippen molar-refractivity contribution in [3.05, 3.63) is 30.3 Å². The van der Waals surface area contributed by atoms with E-state index >= 15 is 0 Å². The van der Waals surface area contributed by atoms with Crippen LogP contribution in [-0.4, -0.2) is 57.2 Å². The smallest absolute Gasteiger partial charge is 0.249 e. The fourth-order valence-electron chi connectivity index (χ4n) is 3.92. The fourth-order valence-corrected chi connectivity index (χ4v) is 3.92. The number of rotatable bonds is 4. The quantitative estimate of drug-likeness (QED) is 0.877. The van der Waals surface area contributed by atoms with E-state index in [9.17, 15) is 4.79 Å². The van der Waals surface area contributed by atoms with Gasteiger partial charge in [0, 0.05) is 31.7 Å². The van der Waals surface area contributed by atoms with Gasteiger partial charge in [-0.2, -0.15) is 4.80 Å². The molecule has 1 N–H and O–H groups in total.